The molecular weight excluding hydrogens is 268 g/mol. The molecule has 0 radical (unpaired) electrons. The average molecular weight is 284 g/mol. The van der Waals surface area contributed by atoms with Gasteiger partial charge in [-0.15, -0.1) is 24.0 Å². The van der Waals surface area contributed by atoms with Crippen molar-refractivity contribution in [3.05, 3.63) is 17.2 Å². The number of amides is 1. The van der Waals surface area contributed by atoms with Crippen LogP contribution in [0.4, 0.5) is 4.79 Å². The number of aromatic nitrogens is 1. The van der Waals surface area contributed by atoms with E-state index >= 15 is 0 Å². The Morgan fingerprint density at radius 3 is 2.89 bits per heavy atom. The van der Waals surface area contributed by atoms with Crippen LogP contribution < -0.4 is 0 Å². The van der Waals surface area contributed by atoms with E-state index in [0.717, 1.165) is 15.6 Å². The standard InChI is InChI=1S/C12H16N2O2S2/c1-7(2)10-5-8(3-4-14(10)12(15)16)9-6-18-11(17)13-9/h5-7,10H,3-4H2,1-2H3,(H,13,17)(H,15,16)/t10-/m0/s1. The van der Waals surface area contributed by atoms with Gasteiger partial charge in [0.25, 0.3) is 0 Å². The minimum atomic E-state index is -0.850. The highest BCUT2D eigenvalue weighted by molar-refractivity contribution is 7.82. The fraction of sp³-hybridized carbons (Fsp3) is 0.500. The smallest absolute Gasteiger partial charge is 0.407 e. The summed E-state index contributed by atoms with van der Waals surface area (Å²) in [5.74, 6) is 0.255. The molecule has 0 unspecified atom stereocenters. The summed E-state index contributed by atoms with van der Waals surface area (Å²) < 4.78 is 0.743. The van der Waals surface area contributed by atoms with Crippen LogP contribution in [0.5, 0.6) is 0 Å². The highest BCUT2D eigenvalue weighted by Gasteiger charge is 2.29. The summed E-state index contributed by atoms with van der Waals surface area (Å²) in [5, 5.41) is 11.2. The molecule has 0 bridgehead atoms. The lowest BCUT2D eigenvalue weighted by molar-refractivity contribution is 0.122. The second kappa shape index (κ2) is 5.32. The Labute approximate surface area is 116 Å². The Morgan fingerprint density at radius 2 is 2.39 bits per heavy atom. The lowest BCUT2D eigenvalue weighted by atomic mass is 9.93. The maximum Gasteiger partial charge on any atom is 0.407 e. The summed E-state index contributed by atoms with van der Waals surface area (Å²) >= 11 is 5.71. The summed E-state index contributed by atoms with van der Waals surface area (Å²) in [6.07, 6.45) is 1.90. The Balaban J connectivity index is 2.29. The number of nitrogens with zero attached hydrogens (tertiary/aromatic N) is 2. The maximum atomic E-state index is 11.2. The molecule has 4 nitrogen and oxygen atoms in total. The van der Waals surface area contributed by atoms with Crippen molar-refractivity contribution in [1.29, 1.82) is 0 Å². The third-order valence-electron chi connectivity index (χ3n) is 3.10. The van der Waals surface area contributed by atoms with Gasteiger partial charge in [-0.3, -0.25) is 0 Å². The van der Waals surface area contributed by atoms with Crippen molar-refractivity contribution in [2.24, 2.45) is 5.92 Å². The van der Waals surface area contributed by atoms with Crippen molar-refractivity contribution in [2.45, 2.75) is 30.6 Å². The van der Waals surface area contributed by atoms with Gasteiger partial charge in [-0.2, -0.15) is 0 Å². The lowest BCUT2D eigenvalue weighted by Crippen LogP contribution is -2.44. The Bertz CT molecular complexity index is 482. The number of carboxylic acid groups (broad SMARTS) is 1. The maximum absolute atomic E-state index is 11.2. The fourth-order valence-electron chi connectivity index (χ4n) is 2.17. The van der Waals surface area contributed by atoms with Crippen LogP contribution in [-0.2, 0) is 0 Å². The average Bonchev–Trinajstić information content (AvgIpc) is 2.75. The SMILES string of the molecule is CC(C)[C@@H]1C=C(c2csc(S)n2)CCN1C(=O)O. The molecule has 98 valence electrons. The first-order valence-corrected chi connectivity index (χ1v) is 7.17. The van der Waals surface area contributed by atoms with Gasteiger partial charge in [-0.05, 0) is 17.9 Å². The second-order valence-corrected chi connectivity index (χ2v) is 6.25. The van der Waals surface area contributed by atoms with Crippen LogP contribution in [0.25, 0.3) is 5.57 Å². The molecule has 1 aliphatic rings. The largest absolute Gasteiger partial charge is 0.465 e. The van der Waals surface area contributed by atoms with Crippen molar-refractivity contribution in [2.75, 3.05) is 6.54 Å². The molecule has 0 saturated carbocycles. The summed E-state index contributed by atoms with van der Waals surface area (Å²) in [5.41, 5.74) is 2.06. The lowest BCUT2D eigenvalue weighted by Gasteiger charge is -2.34. The second-order valence-electron chi connectivity index (χ2n) is 4.67. The molecule has 0 fully saturated rings. The van der Waals surface area contributed by atoms with Crippen molar-refractivity contribution in [3.8, 4) is 0 Å². The monoisotopic (exact) mass is 284 g/mol. The molecule has 1 amide bonds. The molecule has 1 aromatic heterocycles. The van der Waals surface area contributed by atoms with Gasteiger partial charge in [-0.1, -0.05) is 19.9 Å². The molecule has 0 spiro atoms. The Kier molecular flexibility index (Phi) is 3.97. The van der Waals surface area contributed by atoms with E-state index < -0.39 is 6.09 Å². The van der Waals surface area contributed by atoms with Crippen LogP contribution in [0.1, 0.15) is 26.0 Å². The Morgan fingerprint density at radius 1 is 1.67 bits per heavy atom. The van der Waals surface area contributed by atoms with Gasteiger partial charge < -0.3 is 10.0 Å². The van der Waals surface area contributed by atoms with E-state index in [-0.39, 0.29) is 12.0 Å². The van der Waals surface area contributed by atoms with E-state index in [0.29, 0.717) is 13.0 Å². The van der Waals surface area contributed by atoms with E-state index in [1.807, 2.05) is 25.3 Å². The predicted molar refractivity (Wildman–Crippen MR) is 75.3 cm³/mol. The van der Waals surface area contributed by atoms with Crippen LogP contribution in [0.15, 0.2) is 15.8 Å². The number of rotatable bonds is 2. The molecule has 18 heavy (non-hydrogen) atoms. The molecule has 2 heterocycles. The normalized spacial score (nSPS) is 20.1. The van der Waals surface area contributed by atoms with Crippen molar-refractivity contribution in [3.63, 3.8) is 0 Å². The third kappa shape index (κ3) is 2.70. The van der Waals surface area contributed by atoms with Gasteiger partial charge >= 0.3 is 6.09 Å². The quantitative estimate of drug-likeness (QED) is 0.820. The first kappa shape index (κ1) is 13.4. The molecule has 0 aliphatic carbocycles. The topological polar surface area (TPSA) is 53.4 Å². The molecular formula is C12H16N2O2S2. The van der Waals surface area contributed by atoms with Crippen molar-refractivity contribution < 1.29 is 9.90 Å². The number of thiol groups is 1. The molecule has 1 N–H and O–H groups in total. The summed E-state index contributed by atoms with van der Waals surface area (Å²) in [6, 6.07) is -0.0729. The first-order chi connectivity index (χ1) is 8.49. The predicted octanol–water partition coefficient (Wildman–Crippen LogP) is 3.22. The minimum Gasteiger partial charge on any atom is -0.465 e. The van der Waals surface area contributed by atoms with Crippen molar-refractivity contribution in [1.82, 2.24) is 9.88 Å². The third-order valence-corrected chi connectivity index (χ3v) is 4.16. The van der Waals surface area contributed by atoms with Crippen molar-refractivity contribution >= 4 is 35.6 Å². The minimum absolute atomic E-state index is 0.0729. The van der Waals surface area contributed by atoms with E-state index in [1.54, 1.807) is 0 Å². The molecule has 0 aromatic carbocycles. The summed E-state index contributed by atoms with van der Waals surface area (Å²) in [6.45, 7) is 4.60. The van der Waals surface area contributed by atoms with Gasteiger partial charge in [-0.25, -0.2) is 9.78 Å². The molecule has 6 heteroatoms. The van der Waals surface area contributed by atoms with Gasteiger partial charge in [0.05, 0.1) is 11.7 Å². The van der Waals surface area contributed by atoms with E-state index in [4.69, 9.17) is 0 Å². The Hall–Kier alpha value is -1.01. The molecule has 1 atom stereocenters. The number of thiazole rings is 1. The van der Waals surface area contributed by atoms with E-state index in [9.17, 15) is 9.90 Å². The zero-order valence-corrected chi connectivity index (χ0v) is 12.0. The number of hydrogen-bond acceptors (Lipinski definition) is 4. The van der Waals surface area contributed by atoms with Gasteiger partial charge in [0.1, 0.15) is 4.34 Å². The van der Waals surface area contributed by atoms with Crippen LogP contribution >= 0.6 is 24.0 Å². The van der Waals surface area contributed by atoms with Gasteiger partial charge in [0, 0.05) is 11.9 Å². The van der Waals surface area contributed by atoms with E-state index in [1.165, 1.54) is 16.2 Å². The van der Waals surface area contributed by atoms with Crippen LogP contribution in [-0.4, -0.2) is 33.7 Å². The van der Waals surface area contributed by atoms with Crippen LogP contribution in [0.3, 0.4) is 0 Å². The van der Waals surface area contributed by atoms with Crippen LogP contribution in [0.2, 0.25) is 0 Å². The summed E-state index contributed by atoms with van der Waals surface area (Å²) in [4.78, 5) is 17.0. The number of hydrogen-bond donors (Lipinski definition) is 2. The summed E-state index contributed by atoms with van der Waals surface area (Å²) in [7, 11) is 0. The zero-order chi connectivity index (χ0) is 13.3. The zero-order valence-electron chi connectivity index (χ0n) is 10.3. The molecule has 1 aliphatic heterocycles. The van der Waals surface area contributed by atoms with Crippen LogP contribution in [0, 0.1) is 5.92 Å². The number of carbonyl (C=O) groups is 1. The van der Waals surface area contributed by atoms with E-state index in [2.05, 4.69) is 17.6 Å². The first-order valence-electron chi connectivity index (χ1n) is 5.84. The molecule has 2 rings (SSSR count). The fourth-order valence-corrected chi connectivity index (χ4v) is 3.01. The highest BCUT2D eigenvalue weighted by Crippen LogP contribution is 2.29. The molecule has 0 saturated heterocycles. The highest BCUT2D eigenvalue weighted by atomic mass is 32.2. The molecule has 1 aromatic rings. The van der Waals surface area contributed by atoms with Gasteiger partial charge in [0.15, 0.2) is 0 Å². The van der Waals surface area contributed by atoms with Gasteiger partial charge in [0.2, 0.25) is 0 Å².